The summed E-state index contributed by atoms with van der Waals surface area (Å²) in [5.74, 6) is -11.7. The van der Waals surface area contributed by atoms with E-state index in [1.807, 2.05) is 0 Å². The topological polar surface area (TPSA) is 54.4 Å². The second-order valence-corrected chi connectivity index (χ2v) is 4.40. The van der Waals surface area contributed by atoms with Crippen LogP contribution < -0.4 is 0 Å². The van der Waals surface area contributed by atoms with Gasteiger partial charge in [0.15, 0.2) is 5.12 Å². The first-order valence-corrected chi connectivity index (χ1v) is 5.33. The summed E-state index contributed by atoms with van der Waals surface area (Å²) in [5, 5.41) is 5.74. The predicted molar refractivity (Wildman–Crippen MR) is 49.9 cm³/mol. The van der Waals surface area contributed by atoms with Crippen LogP contribution in [0.2, 0.25) is 0 Å². The molecule has 0 rings (SSSR count). The number of aliphatic hydroxyl groups excluding tert-OH is 1. The summed E-state index contributed by atoms with van der Waals surface area (Å²) in [6.45, 7) is -1.09. The van der Waals surface area contributed by atoms with Crippen LogP contribution in [0, 0.1) is 0 Å². The van der Waals surface area contributed by atoms with Crippen molar-refractivity contribution >= 4 is 22.0 Å². The van der Waals surface area contributed by atoms with Gasteiger partial charge in [-0.3, -0.25) is 9.59 Å². The quantitative estimate of drug-likeness (QED) is 0.791. The lowest BCUT2D eigenvalue weighted by molar-refractivity contribution is -0.355. The number of hydrogen-bond donors (Lipinski definition) is 1. The van der Waals surface area contributed by atoms with E-state index in [2.05, 4.69) is 0 Å². The van der Waals surface area contributed by atoms with Gasteiger partial charge in [0.25, 0.3) is 0 Å². The molecule has 0 heterocycles. The number of alkyl halides is 7. The maximum Gasteiger partial charge on any atom is 0.459 e. The SMILES string of the molecule is O=C(CO)SC(=O)CCC(F)(F)C(F)(F)C(F)(F)F. The van der Waals surface area contributed by atoms with Gasteiger partial charge in [-0.2, -0.15) is 30.7 Å². The average molecular weight is 316 g/mol. The molecule has 0 aliphatic carbocycles. The maximum absolute atomic E-state index is 12.7. The first-order valence-electron chi connectivity index (χ1n) is 4.52. The lowest BCUT2D eigenvalue weighted by Gasteiger charge is -2.27. The van der Waals surface area contributed by atoms with E-state index in [1.54, 1.807) is 0 Å². The summed E-state index contributed by atoms with van der Waals surface area (Å²) < 4.78 is 85.3. The van der Waals surface area contributed by atoms with Gasteiger partial charge in [0.1, 0.15) is 6.61 Å². The van der Waals surface area contributed by atoms with E-state index in [1.165, 1.54) is 0 Å². The minimum atomic E-state index is -6.45. The predicted octanol–water partition coefficient (Wildman–Crippen LogP) is 2.38. The molecule has 0 atom stereocenters. The molecule has 0 radical (unpaired) electrons. The number of aliphatic hydroxyl groups is 1. The summed E-state index contributed by atoms with van der Waals surface area (Å²) in [6, 6.07) is 0. The first kappa shape index (κ1) is 18.2. The molecular weight excluding hydrogens is 309 g/mol. The van der Waals surface area contributed by atoms with Crippen molar-refractivity contribution in [2.24, 2.45) is 0 Å². The third-order valence-electron chi connectivity index (χ3n) is 1.82. The molecule has 0 aromatic heterocycles. The Morgan fingerprint density at radius 1 is 0.947 bits per heavy atom. The van der Waals surface area contributed by atoms with Crippen molar-refractivity contribution in [1.29, 1.82) is 0 Å². The van der Waals surface area contributed by atoms with Crippen LogP contribution in [0.15, 0.2) is 0 Å². The Morgan fingerprint density at radius 3 is 1.79 bits per heavy atom. The Labute approximate surface area is 106 Å². The van der Waals surface area contributed by atoms with Crippen molar-refractivity contribution in [3.8, 4) is 0 Å². The zero-order valence-corrected chi connectivity index (χ0v) is 9.76. The van der Waals surface area contributed by atoms with Crippen molar-refractivity contribution in [2.45, 2.75) is 30.9 Å². The number of carbonyl (C=O) groups excluding carboxylic acids is 2. The Balaban J connectivity index is 4.63. The highest BCUT2D eigenvalue weighted by atomic mass is 32.2. The van der Waals surface area contributed by atoms with E-state index in [0.717, 1.165) is 0 Å². The summed E-state index contributed by atoms with van der Waals surface area (Å²) in [4.78, 5) is 21.3. The molecule has 0 unspecified atom stereocenters. The Hall–Kier alpha value is -0.840. The molecule has 3 nitrogen and oxygen atoms in total. The third-order valence-corrected chi connectivity index (χ3v) is 2.60. The molecular formula is C8H7F7O3S. The van der Waals surface area contributed by atoms with Crippen LogP contribution in [0.25, 0.3) is 0 Å². The average Bonchev–Trinajstić information content (AvgIpc) is 2.24. The summed E-state index contributed by atoms with van der Waals surface area (Å²) in [6.07, 6.45) is -9.88. The number of hydrogen-bond acceptors (Lipinski definition) is 4. The fourth-order valence-electron chi connectivity index (χ4n) is 0.834. The van der Waals surface area contributed by atoms with Gasteiger partial charge < -0.3 is 5.11 Å². The van der Waals surface area contributed by atoms with Crippen molar-refractivity contribution < 1.29 is 45.4 Å². The van der Waals surface area contributed by atoms with Gasteiger partial charge in [-0.15, -0.1) is 0 Å². The fourth-order valence-corrected chi connectivity index (χ4v) is 1.36. The minimum Gasteiger partial charge on any atom is -0.388 e. The molecule has 0 aromatic carbocycles. The van der Waals surface area contributed by atoms with Gasteiger partial charge in [0.2, 0.25) is 5.12 Å². The van der Waals surface area contributed by atoms with E-state index in [4.69, 9.17) is 5.11 Å². The second-order valence-electron chi connectivity index (χ2n) is 3.28. The van der Waals surface area contributed by atoms with Crippen LogP contribution in [-0.4, -0.2) is 40.0 Å². The van der Waals surface area contributed by atoms with E-state index in [0.29, 0.717) is 0 Å². The van der Waals surface area contributed by atoms with Crippen LogP contribution in [0.5, 0.6) is 0 Å². The first-order chi connectivity index (χ1) is 8.35. The second kappa shape index (κ2) is 6.07. The summed E-state index contributed by atoms with van der Waals surface area (Å²) >= 11 is -0.229. The van der Waals surface area contributed by atoms with Gasteiger partial charge in [-0.25, -0.2) is 0 Å². The van der Waals surface area contributed by atoms with Crippen LogP contribution >= 0.6 is 11.8 Å². The molecule has 0 bridgehead atoms. The highest BCUT2D eigenvalue weighted by Gasteiger charge is 2.72. The zero-order valence-electron chi connectivity index (χ0n) is 8.94. The molecule has 0 aliphatic heterocycles. The lowest BCUT2D eigenvalue weighted by atomic mass is 10.1. The fraction of sp³-hybridized carbons (Fsp3) is 0.750. The normalized spacial score (nSPS) is 13.5. The number of carbonyl (C=O) groups is 2. The third kappa shape index (κ3) is 4.64. The molecule has 0 saturated carbocycles. The van der Waals surface area contributed by atoms with Gasteiger partial charge in [0, 0.05) is 12.8 Å². The molecule has 112 valence electrons. The van der Waals surface area contributed by atoms with E-state index < -0.39 is 47.7 Å². The van der Waals surface area contributed by atoms with Gasteiger partial charge in [-0.05, 0) is 11.8 Å². The summed E-state index contributed by atoms with van der Waals surface area (Å²) in [7, 11) is 0. The number of halogens is 7. The smallest absolute Gasteiger partial charge is 0.388 e. The Morgan fingerprint density at radius 2 is 1.42 bits per heavy atom. The molecule has 0 saturated heterocycles. The van der Waals surface area contributed by atoms with Gasteiger partial charge >= 0.3 is 18.0 Å². The van der Waals surface area contributed by atoms with E-state index >= 15 is 0 Å². The minimum absolute atomic E-state index is 0.229. The monoisotopic (exact) mass is 316 g/mol. The molecule has 1 N–H and O–H groups in total. The molecule has 0 aliphatic rings. The van der Waals surface area contributed by atoms with E-state index in [-0.39, 0.29) is 11.8 Å². The highest BCUT2D eigenvalue weighted by molar-refractivity contribution is 8.26. The Kier molecular flexibility index (Phi) is 5.81. The van der Waals surface area contributed by atoms with Crippen molar-refractivity contribution in [1.82, 2.24) is 0 Å². The van der Waals surface area contributed by atoms with Crippen LogP contribution in [0.4, 0.5) is 30.7 Å². The summed E-state index contributed by atoms with van der Waals surface area (Å²) in [5.41, 5.74) is 0. The highest BCUT2D eigenvalue weighted by Crippen LogP contribution is 2.48. The Bertz CT molecular complexity index is 353. The van der Waals surface area contributed by atoms with Crippen molar-refractivity contribution in [2.75, 3.05) is 6.61 Å². The molecule has 0 aromatic rings. The van der Waals surface area contributed by atoms with Crippen LogP contribution in [0.3, 0.4) is 0 Å². The van der Waals surface area contributed by atoms with Crippen molar-refractivity contribution in [3.05, 3.63) is 0 Å². The molecule has 11 heteroatoms. The molecule has 0 amide bonds. The van der Waals surface area contributed by atoms with Crippen molar-refractivity contribution in [3.63, 3.8) is 0 Å². The molecule has 19 heavy (non-hydrogen) atoms. The number of rotatable bonds is 5. The van der Waals surface area contributed by atoms with E-state index in [9.17, 15) is 40.3 Å². The zero-order chi connectivity index (χ0) is 15.5. The maximum atomic E-state index is 12.7. The van der Waals surface area contributed by atoms with Crippen LogP contribution in [0.1, 0.15) is 12.8 Å². The molecule has 0 fully saturated rings. The van der Waals surface area contributed by atoms with Gasteiger partial charge in [0.05, 0.1) is 0 Å². The molecule has 0 spiro atoms. The van der Waals surface area contributed by atoms with Gasteiger partial charge in [-0.1, -0.05) is 0 Å². The standard InChI is InChI=1S/C8H7F7O3S/c9-6(10,7(11,12)8(13,14)15)2-1-4(17)19-5(18)3-16/h16H,1-3H2. The van der Waals surface area contributed by atoms with Crippen LogP contribution in [-0.2, 0) is 9.59 Å². The number of thioether (sulfide) groups is 1. The largest absolute Gasteiger partial charge is 0.459 e. The lowest BCUT2D eigenvalue weighted by Crippen LogP contribution is -2.51.